The van der Waals surface area contributed by atoms with E-state index >= 15 is 0 Å². The molecular formula is C28H18ClN5O5. The lowest BCUT2D eigenvalue weighted by Gasteiger charge is -2.12. The molecule has 0 atom stereocenters. The van der Waals surface area contributed by atoms with Crippen molar-refractivity contribution in [1.82, 2.24) is 9.55 Å². The highest BCUT2D eigenvalue weighted by Gasteiger charge is 2.31. The number of hydrogen-bond donors (Lipinski definition) is 1. The molecule has 0 aliphatic carbocycles. The van der Waals surface area contributed by atoms with E-state index in [4.69, 9.17) is 11.6 Å². The van der Waals surface area contributed by atoms with Gasteiger partial charge >= 0.3 is 11.4 Å². The molecule has 1 heterocycles. The number of carbonyl (C=O) groups excluding carboxylic acids is 1. The lowest BCUT2D eigenvalue weighted by atomic mass is 10.0. The smallest absolute Gasteiger partial charge is 0.300 e. The highest BCUT2D eigenvalue weighted by Crippen LogP contribution is 2.40. The molecule has 0 aliphatic rings. The van der Waals surface area contributed by atoms with Gasteiger partial charge in [0.15, 0.2) is 5.69 Å². The van der Waals surface area contributed by atoms with Crippen molar-refractivity contribution >= 4 is 40.3 Å². The fraction of sp³-hybridized carbons (Fsp3) is 0. The molecule has 0 saturated heterocycles. The molecule has 0 radical (unpaired) electrons. The van der Waals surface area contributed by atoms with Crippen LogP contribution in [0.15, 0.2) is 103 Å². The van der Waals surface area contributed by atoms with Gasteiger partial charge in [-0.05, 0) is 12.1 Å². The van der Waals surface area contributed by atoms with Gasteiger partial charge in [-0.15, -0.1) is 0 Å². The van der Waals surface area contributed by atoms with Gasteiger partial charge in [0.25, 0.3) is 5.91 Å². The minimum atomic E-state index is -0.787. The second-order valence-electron chi connectivity index (χ2n) is 8.36. The standard InChI is InChI=1S/C28H18ClN5O5/c29-21-13-7-8-14-22(21)31-26-23(33(36)37)15-20(16-24(26)34(38)39)28(35)32-17-30-25(18-9-3-1-4-10-18)27(32)19-11-5-2-6-12-19/h1-17,31H. The van der Waals surface area contributed by atoms with Crippen LogP contribution in [-0.2, 0) is 0 Å². The molecule has 0 spiro atoms. The summed E-state index contributed by atoms with van der Waals surface area (Å²) in [5, 5.41) is 27.0. The van der Waals surface area contributed by atoms with Gasteiger partial charge in [0.2, 0.25) is 0 Å². The van der Waals surface area contributed by atoms with Crippen molar-refractivity contribution in [3.8, 4) is 22.5 Å². The van der Waals surface area contributed by atoms with Gasteiger partial charge in [-0.3, -0.25) is 29.6 Å². The van der Waals surface area contributed by atoms with E-state index in [1.165, 1.54) is 23.0 Å². The molecule has 11 heteroatoms. The molecule has 4 aromatic carbocycles. The van der Waals surface area contributed by atoms with Crippen LogP contribution in [0.2, 0.25) is 5.02 Å². The highest BCUT2D eigenvalue weighted by molar-refractivity contribution is 6.33. The number of nitrogens with one attached hydrogen (secondary N) is 1. The zero-order chi connectivity index (χ0) is 27.5. The number of halogens is 1. The monoisotopic (exact) mass is 539 g/mol. The van der Waals surface area contributed by atoms with Crippen molar-refractivity contribution in [2.24, 2.45) is 0 Å². The van der Waals surface area contributed by atoms with Gasteiger partial charge < -0.3 is 5.32 Å². The molecule has 0 amide bonds. The van der Waals surface area contributed by atoms with Crippen LogP contribution in [0.3, 0.4) is 0 Å². The van der Waals surface area contributed by atoms with E-state index in [1.54, 1.807) is 36.4 Å². The molecule has 0 fully saturated rings. The van der Waals surface area contributed by atoms with Gasteiger partial charge in [-0.2, -0.15) is 0 Å². The number of anilines is 2. The first-order valence-corrected chi connectivity index (χ1v) is 11.9. The Hall–Kier alpha value is -5.35. The molecule has 1 N–H and O–H groups in total. The summed E-state index contributed by atoms with van der Waals surface area (Å²) in [7, 11) is 0. The lowest BCUT2D eigenvalue weighted by Crippen LogP contribution is -2.14. The van der Waals surface area contributed by atoms with E-state index in [0.29, 0.717) is 17.0 Å². The van der Waals surface area contributed by atoms with E-state index < -0.39 is 32.8 Å². The van der Waals surface area contributed by atoms with E-state index in [1.807, 2.05) is 36.4 Å². The van der Waals surface area contributed by atoms with E-state index in [9.17, 15) is 25.0 Å². The van der Waals surface area contributed by atoms with Gasteiger partial charge in [0.05, 0.1) is 37.5 Å². The summed E-state index contributed by atoms with van der Waals surface area (Å²) in [5.74, 6) is -0.723. The minimum absolute atomic E-state index is 0.209. The summed E-state index contributed by atoms with van der Waals surface area (Å²) in [4.78, 5) is 40.8. The minimum Gasteiger partial charge on any atom is -0.343 e. The van der Waals surface area contributed by atoms with Crippen LogP contribution < -0.4 is 5.32 Å². The number of rotatable bonds is 7. The van der Waals surface area contributed by atoms with Crippen LogP contribution in [0.25, 0.3) is 22.5 Å². The average Bonchev–Trinajstić information content (AvgIpc) is 3.40. The Balaban J connectivity index is 1.68. The zero-order valence-electron chi connectivity index (χ0n) is 20.0. The van der Waals surface area contributed by atoms with Crippen LogP contribution in [-0.4, -0.2) is 25.3 Å². The van der Waals surface area contributed by atoms with E-state index in [0.717, 1.165) is 17.7 Å². The first kappa shape index (κ1) is 25.3. The number of carbonyl (C=O) groups is 1. The number of benzene rings is 4. The molecule has 0 bridgehead atoms. The maximum absolute atomic E-state index is 13.8. The third-order valence-electron chi connectivity index (χ3n) is 5.95. The third kappa shape index (κ3) is 4.96. The number of nitrogens with zero attached hydrogens (tertiary/aromatic N) is 4. The molecule has 0 aliphatic heterocycles. The quantitative estimate of drug-likeness (QED) is 0.172. The Labute approximate surface area is 226 Å². The number of para-hydroxylation sites is 1. The van der Waals surface area contributed by atoms with Crippen LogP contribution in [0.4, 0.5) is 22.7 Å². The molecule has 39 heavy (non-hydrogen) atoms. The summed E-state index contributed by atoms with van der Waals surface area (Å²) in [5.41, 5.74) is 0.641. The summed E-state index contributed by atoms with van der Waals surface area (Å²) in [6.07, 6.45) is 1.31. The van der Waals surface area contributed by atoms with Crippen molar-refractivity contribution < 1.29 is 14.6 Å². The van der Waals surface area contributed by atoms with Crippen LogP contribution in [0, 0.1) is 20.2 Å². The molecule has 5 aromatic rings. The Bertz CT molecular complexity index is 1690. The SMILES string of the molecule is O=C(c1cc([N+](=O)[O-])c(Nc2ccccc2Cl)c([N+](=O)[O-])c1)n1cnc(-c2ccccc2)c1-c1ccccc1. The highest BCUT2D eigenvalue weighted by atomic mass is 35.5. The normalized spacial score (nSPS) is 10.7. The molecule has 192 valence electrons. The number of nitro groups is 2. The molecule has 1 aromatic heterocycles. The lowest BCUT2D eigenvalue weighted by molar-refractivity contribution is -0.392. The average molecular weight is 540 g/mol. The Morgan fingerprint density at radius 3 is 1.90 bits per heavy atom. The van der Waals surface area contributed by atoms with Gasteiger partial charge in [-0.25, -0.2) is 4.98 Å². The summed E-state index contributed by atoms with van der Waals surface area (Å²) in [6, 6.07) is 26.6. The maximum Gasteiger partial charge on any atom is 0.300 e. The van der Waals surface area contributed by atoms with E-state index in [-0.39, 0.29) is 16.3 Å². The van der Waals surface area contributed by atoms with Gasteiger partial charge in [-0.1, -0.05) is 84.4 Å². The number of nitro benzene ring substituents is 2. The van der Waals surface area contributed by atoms with Gasteiger partial charge in [0.1, 0.15) is 6.33 Å². The molecule has 5 rings (SSSR count). The predicted molar refractivity (Wildman–Crippen MR) is 147 cm³/mol. The molecule has 10 nitrogen and oxygen atoms in total. The fourth-order valence-corrected chi connectivity index (χ4v) is 4.35. The Morgan fingerprint density at radius 2 is 1.33 bits per heavy atom. The Kier molecular flexibility index (Phi) is 6.85. The predicted octanol–water partition coefficient (Wildman–Crippen LogP) is 7.12. The maximum atomic E-state index is 13.8. The topological polar surface area (TPSA) is 133 Å². The summed E-state index contributed by atoms with van der Waals surface area (Å²) >= 11 is 6.16. The fourth-order valence-electron chi connectivity index (χ4n) is 4.17. The van der Waals surface area contributed by atoms with Crippen molar-refractivity contribution in [2.75, 3.05) is 5.32 Å². The van der Waals surface area contributed by atoms with Crippen molar-refractivity contribution in [3.05, 3.63) is 134 Å². The van der Waals surface area contributed by atoms with Gasteiger partial charge in [0, 0.05) is 23.3 Å². The number of hydrogen-bond acceptors (Lipinski definition) is 7. The van der Waals surface area contributed by atoms with Crippen molar-refractivity contribution in [2.45, 2.75) is 0 Å². The van der Waals surface area contributed by atoms with Crippen molar-refractivity contribution in [1.29, 1.82) is 0 Å². The first-order chi connectivity index (χ1) is 18.8. The van der Waals surface area contributed by atoms with Crippen LogP contribution in [0.1, 0.15) is 10.4 Å². The molecule has 0 saturated carbocycles. The van der Waals surface area contributed by atoms with Crippen LogP contribution >= 0.6 is 11.6 Å². The second kappa shape index (κ2) is 10.6. The van der Waals surface area contributed by atoms with Crippen molar-refractivity contribution in [3.63, 3.8) is 0 Å². The van der Waals surface area contributed by atoms with Crippen LogP contribution in [0.5, 0.6) is 0 Å². The third-order valence-corrected chi connectivity index (χ3v) is 6.28. The first-order valence-electron chi connectivity index (χ1n) is 11.6. The summed E-state index contributed by atoms with van der Waals surface area (Å²) < 4.78 is 1.24. The zero-order valence-corrected chi connectivity index (χ0v) is 20.8. The molecule has 0 unspecified atom stereocenters. The Morgan fingerprint density at radius 1 is 0.795 bits per heavy atom. The number of imidazole rings is 1. The number of aromatic nitrogens is 2. The van der Waals surface area contributed by atoms with E-state index in [2.05, 4.69) is 10.3 Å². The second-order valence-corrected chi connectivity index (χ2v) is 8.76. The largest absolute Gasteiger partial charge is 0.343 e. The summed E-state index contributed by atoms with van der Waals surface area (Å²) in [6.45, 7) is 0. The molecular weight excluding hydrogens is 522 g/mol.